The first-order valence-corrected chi connectivity index (χ1v) is 16.6. The van der Waals surface area contributed by atoms with Gasteiger partial charge in [-0.3, -0.25) is 4.99 Å². The lowest BCUT2D eigenvalue weighted by Gasteiger charge is -2.38. The molecule has 3 aromatic rings. The lowest BCUT2D eigenvalue weighted by Crippen LogP contribution is -2.36. The van der Waals surface area contributed by atoms with Gasteiger partial charge in [0.25, 0.3) is 0 Å². The molecule has 1 nitrogen and oxygen atoms in total. The highest BCUT2D eigenvalue weighted by Crippen LogP contribution is 2.49. The molecule has 2 fully saturated rings. The molecule has 0 amide bonds. The minimum absolute atomic E-state index is 0.441. The van der Waals surface area contributed by atoms with Crippen LogP contribution in [0.5, 0.6) is 0 Å². The molecule has 3 aromatic carbocycles. The van der Waals surface area contributed by atoms with Crippen LogP contribution in [0.3, 0.4) is 0 Å². The molecule has 0 aromatic heterocycles. The molecule has 2 heteroatoms. The summed E-state index contributed by atoms with van der Waals surface area (Å²) in [4.78, 5) is 5.64. The minimum Gasteiger partial charge on any atom is -0.270 e. The van der Waals surface area contributed by atoms with E-state index in [2.05, 4.69) is 116 Å². The Balaban J connectivity index is 1.82. The van der Waals surface area contributed by atoms with E-state index in [0.717, 1.165) is 11.6 Å². The Labute approximate surface area is 251 Å². The maximum Gasteiger partial charge on any atom is 0.196 e. The van der Waals surface area contributed by atoms with Crippen LogP contribution in [-0.4, -0.2) is 12.8 Å². The molecular weight excluding hydrogens is 493 g/mol. The predicted octanol–water partition coefficient (Wildman–Crippen LogP) is 12.4. The molecule has 0 atom stereocenters. The smallest absolute Gasteiger partial charge is 0.196 e. The van der Waals surface area contributed by atoms with Crippen LogP contribution in [0.1, 0.15) is 140 Å². The molecule has 0 unspecified atom stereocenters. The lowest BCUT2D eigenvalue weighted by atomic mass is 9.28. The zero-order chi connectivity index (χ0) is 29.3. The number of rotatable bonds is 8. The van der Waals surface area contributed by atoms with Gasteiger partial charge in [0.15, 0.2) is 6.71 Å². The molecule has 2 heterocycles. The summed E-state index contributed by atoms with van der Waals surface area (Å²) in [5.74, 6) is 3.38. The van der Waals surface area contributed by atoms with Gasteiger partial charge in [-0.15, -0.1) is 0 Å². The van der Waals surface area contributed by atoms with E-state index < -0.39 is 0 Å². The zero-order valence-corrected chi connectivity index (χ0v) is 27.0. The van der Waals surface area contributed by atoms with Crippen molar-refractivity contribution in [1.82, 2.24) is 0 Å². The Morgan fingerprint density at radius 2 is 0.902 bits per heavy atom. The van der Waals surface area contributed by atoms with Crippen molar-refractivity contribution in [3.63, 3.8) is 0 Å². The molecule has 5 rings (SSSR count). The van der Waals surface area contributed by atoms with E-state index in [1.54, 1.807) is 0 Å². The maximum absolute atomic E-state index is 5.64. The summed E-state index contributed by atoms with van der Waals surface area (Å²) in [6.07, 6.45) is 10.7. The van der Waals surface area contributed by atoms with Crippen LogP contribution >= 0.6 is 0 Å². The number of fused-ring (bicyclic) bond motifs is 2. The van der Waals surface area contributed by atoms with Crippen molar-refractivity contribution in [3.05, 3.63) is 76.9 Å². The van der Waals surface area contributed by atoms with Gasteiger partial charge in [0.1, 0.15) is 0 Å². The van der Waals surface area contributed by atoms with Gasteiger partial charge in [0.2, 0.25) is 0 Å². The molecule has 0 N–H and O–H groups in total. The van der Waals surface area contributed by atoms with Crippen LogP contribution in [0.25, 0.3) is 22.3 Å². The molecule has 41 heavy (non-hydrogen) atoms. The SMILES string of the molecule is CC(C)c1cccc(C(C)C)c1-c1cccc(-c2c(C(C)C)cccc2C(C)C)c1N=CB1C2CCCC1CCC2. The van der Waals surface area contributed by atoms with Gasteiger partial charge in [-0.05, 0) is 63.2 Å². The highest BCUT2D eigenvalue weighted by atomic mass is 14.7. The van der Waals surface area contributed by atoms with Crippen molar-refractivity contribution in [2.45, 2.75) is 129 Å². The Morgan fingerprint density at radius 1 is 0.561 bits per heavy atom. The van der Waals surface area contributed by atoms with Gasteiger partial charge < -0.3 is 0 Å². The third-order valence-electron chi connectivity index (χ3n) is 10.1. The van der Waals surface area contributed by atoms with E-state index in [9.17, 15) is 0 Å². The zero-order valence-electron chi connectivity index (χ0n) is 27.0. The van der Waals surface area contributed by atoms with Crippen LogP contribution in [0.2, 0.25) is 11.6 Å². The van der Waals surface area contributed by atoms with E-state index >= 15 is 0 Å². The van der Waals surface area contributed by atoms with Crippen LogP contribution in [0, 0.1) is 0 Å². The molecule has 0 saturated carbocycles. The van der Waals surface area contributed by atoms with Crippen LogP contribution in [0.15, 0.2) is 59.6 Å². The molecule has 0 spiro atoms. The van der Waals surface area contributed by atoms with E-state index in [1.165, 1.54) is 88.7 Å². The number of benzene rings is 3. The monoisotopic (exact) mass is 545 g/mol. The van der Waals surface area contributed by atoms with E-state index in [1.807, 2.05) is 0 Å². The topological polar surface area (TPSA) is 12.4 Å². The summed E-state index contributed by atoms with van der Waals surface area (Å²) in [6.45, 7) is 19.3. The maximum atomic E-state index is 5.64. The largest absolute Gasteiger partial charge is 0.270 e. The normalized spacial score (nSPS) is 19.4. The van der Waals surface area contributed by atoms with Crippen LogP contribution < -0.4 is 0 Å². The number of nitrogens with zero attached hydrogens (tertiary/aromatic N) is 1. The minimum atomic E-state index is 0.441. The van der Waals surface area contributed by atoms with E-state index in [-0.39, 0.29) is 0 Å². The number of aliphatic imine (C=N–C) groups is 1. The van der Waals surface area contributed by atoms with Crippen molar-refractivity contribution in [1.29, 1.82) is 0 Å². The Hall–Kier alpha value is -2.61. The molecule has 0 aliphatic carbocycles. The second kappa shape index (κ2) is 12.7. The second-order valence-corrected chi connectivity index (χ2v) is 14.2. The quantitative estimate of drug-likeness (QED) is 0.197. The molecular formula is C39H52BN. The summed E-state index contributed by atoms with van der Waals surface area (Å²) in [5.41, 5.74) is 12.3. The van der Waals surface area contributed by atoms with Gasteiger partial charge in [-0.2, -0.15) is 0 Å². The Kier molecular flexibility index (Phi) is 9.27. The van der Waals surface area contributed by atoms with Gasteiger partial charge in [-0.1, -0.05) is 160 Å². The fourth-order valence-electron chi connectivity index (χ4n) is 7.94. The van der Waals surface area contributed by atoms with Gasteiger partial charge in [0, 0.05) is 11.1 Å². The van der Waals surface area contributed by atoms with E-state index in [4.69, 9.17) is 4.99 Å². The third kappa shape index (κ3) is 6.00. The number of para-hydroxylation sites is 1. The number of hydrogen-bond donors (Lipinski definition) is 0. The highest BCUT2D eigenvalue weighted by molar-refractivity contribution is 6.88. The highest BCUT2D eigenvalue weighted by Gasteiger charge is 2.38. The number of hydrogen-bond acceptors (Lipinski definition) is 1. The molecule has 2 bridgehead atoms. The summed E-state index contributed by atoms with van der Waals surface area (Å²) < 4.78 is 0. The molecule has 0 radical (unpaired) electrons. The van der Waals surface area contributed by atoms with Crippen molar-refractivity contribution in [2.24, 2.45) is 4.99 Å². The lowest BCUT2D eigenvalue weighted by molar-refractivity contribution is 0.450. The molecule has 2 aliphatic rings. The second-order valence-electron chi connectivity index (χ2n) is 14.2. The molecule has 2 aliphatic heterocycles. The average Bonchev–Trinajstić information content (AvgIpc) is 2.94. The Morgan fingerprint density at radius 3 is 1.24 bits per heavy atom. The van der Waals surface area contributed by atoms with Crippen LogP contribution in [0.4, 0.5) is 5.69 Å². The first-order valence-electron chi connectivity index (χ1n) is 16.6. The van der Waals surface area contributed by atoms with Crippen molar-refractivity contribution in [2.75, 3.05) is 0 Å². The van der Waals surface area contributed by atoms with Crippen molar-refractivity contribution in [3.8, 4) is 22.3 Å². The fourth-order valence-corrected chi connectivity index (χ4v) is 7.94. The first-order chi connectivity index (χ1) is 19.7. The summed E-state index contributed by atoms with van der Waals surface area (Å²) in [6, 6.07) is 20.9. The summed E-state index contributed by atoms with van der Waals surface area (Å²) in [5, 5.41) is 0. The van der Waals surface area contributed by atoms with Crippen molar-refractivity contribution < 1.29 is 0 Å². The van der Waals surface area contributed by atoms with Crippen LogP contribution in [-0.2, 0) is 0 Å². The van der Waals surface area contributed by atoms with Gasteiger partial charge in [0.05, 0.1) is 5.69 Å². The molecule has 216 valence electrons. The summed E-state index contributed by atoms with van der Waals surface area (Å²) in [7, 11) is 0. The standard InChI is InChI=1S/C39H52BN/c1-25(2)31-18-11-19-32(26(3)4)37(31)35-22-13-23-36(38-33(27(5)6)20-12-21-34(38)28(7)8)39(35)41-24-40-29-14-9-15-30(40)17-10-16-29/h11-13,18-30H,9-10,14-17H2,1-8H3. The predicted molar refractivity (Wildman–Crippen MR) is 183 cm³/mol. The van der Waals surface area contributed by atoms with E-state index in [0.29, 0.717) is 30.4 Å². The fraction of sp³-hybridized carbons (Fsp3) is 0.513. The first kappa shape index (κ1) is 29.9. The third-order valence-corrected chi connectivity index (χ3v) is 10.1. The summed E-state index contributed by atoms with van der Waals surface area (Å²) >= 11 is 0. The average molecular weight is 546 g/mol. The van der Waals surface area contributed by atoms with Gasteiger partial charge in [-0.25, -0.2) is 0 Å². The Bertz CT molecular complexity index is 1220. The van der Waals surface area contributed by atoms with Crippen molar-refractivity contribution >= 4 is 18.5 Å². The van der Waals surface area contributed by atoms with Gasteiger partial charge >= 0.3 is 0 Å². The molecule has 2 saturated heterocycles.